The van der Waals surface area contributed by atoms with E-state index in [4.69, 9.17) is 4.65 Å². The summed E-state index contributed by atoms with van der Waals surface area (Å²) >= 11 is 0. The Balaban J connectivity index is 1.70. The number of benzene rings is 1. The first-order chi connectivity index (χ1) is 17.6. The van der Waals surface area contributed by atoms with Crippen molar-refractivity contribution in [3.63, 3.8) is 0 Å². The predicted molar refractivity (Wildman–Crippen MR) is 148 cm³/mol. The molecule has 188 valence electrons. The predicted octanol–water partition coefficient (Wildman–Crippen LogP) is 5.83. The number of hydrogen-bond donors (Lipinski definition) is 0. The highest BCUT2D eigenvalue weighted by molar-refractivity contribution is 6.23. The molecule has 1 aliphatic rings. The molecule has 0 aliphatic carbocycles. The van der Waals surface area contributed by atoms with Crippen LogP contribution in [0.1, 0.15) is 72.6 Å². The van der Waals surface area contributed by atoms with Crippen molar-refractivity contribution in [3.8, 4) is 0 Å². The molecule has 1 aliphatic heterocycles. The number of fused-ring (bicyclic) bond motifs is 1. The van der Waals surface area contributed by atoms with Crippen molar-refractivity contribution in [1.82, 2.24) is 4.90 Å². The average Bonchev–Trinajstić information content (AvgIpc) is 3.15. The molecule has 1 atom stereocenters. The molecule has 0 bridgehead atoms. The Bertz CT molecular complexity index is 1010. The van der Waals surface area contributed by atoms with E-state index >= 15 is 0 Å². The summed E-state index contributed by atoms with van der Waals surface area (Å²) in [7, 11) is 1.26. The van der Waals surface area contributed by atoms with Crippen molar-refractivity contribution < 1.29 is 19.0 Å². The zero-order valence-corrected chi connectivity index (χ0v) is 21.3. The second-order valence-electron chi connectivity index (χ2n) is 8.22. The Labute approximate surface area is 216 Å². The number of nitrogens with zero attached hydrogens (tertiary/aromatic N) is 1. The van der Waals surface area contributed by atoms with Gasteiger partial charge in [0, 0.05) is 0 Å². The fourth-order valence-electron chi connectivity index (χ4n) is 3.68. The smallest absolute Gasteiger partial charge is 0.326 e. The van der Waals surface area contributed by atoms with E-state index < -0.39 is 23.8 Å². The van der Waals surface area contributed by atoms with Crippen LogP contribution in [0.2, 0.25) is 0 Å². The minimum Gasteiger partial charge on any atom is -0.542 e. The first kappa shape index (κ1) is 28.6. The van der Waals surface area contributed by atoms with Gasteiger partial charge in [-0.15, -0.1) is 0 Å². The van der Waals surface area contributed by atoms with E-state index in [2.05, 4.69) is 61.6 Å². The normalized spacial score (nSPS) is 15.1. The van der Waals surface area contributed by atoms with Gasteiger partial charge in [-0.3, -0.25) is 19.3 Å². The third kappa shape index (κ3) is 9.18. The number of carbonyl (C=O) groups excluding carboxylic acids is 3. The first-order valence-corrected chi connectivity index (χ1v) is 12.6. The molecule has 0 radical (unpaired) electrons. The van der Waals surface area contributed by atoms with Gasteiger partial charge in [0.1, 0.15) is 6.04 Å². The van der Waals surface area contributed by atoms with E-state index in [-0.39, 0.29) is 6.42 Å². The molecular weight excluding hydrogens is 449 g/mol. The van der Waals surface area contributed by atoms with Gasteiger partial charge in [0.2, 0.25) is 0 Å². The Hall–Kier alpha value is -3.67. The number of hydrogen-bond acceptors (Lipinski definition) is 4. The number of rotatable bonds is 15. The topological polar surface area (TPSA) is 63.7 Å². The number of amides is 2. The molecule has 2 amide bonds. The highest BCUT2D eigenvalue weighted by Gasteiger charge is 2.42. The summed E-state index contributed by atoms with van der Waals surface area (Å²) in [6, 6.07) is 5.62. The minimum absolute atomic E-state index is 0.211. The quantitative estimate of drug-likeness (QED) is 0.178. The molecule has 1 aromatic rings. The van der Waals surface area contributed by atoms with Crippen molar-refractivity contribution in [2.75, 3.05) is 0 Å². The molecule has 36 heavy (non-hydrogen) atoms. The van der Waals surface area contributed by atoms with Crippen molar-refractivity contribution in [2.24, 2.45) is 0 Å². The SMILES string of the molecule is BOC(=O)C(C/C=C\C/C=C\C/C=C\C/C=C\C/C=C\C/C=C\CC)N1C(=O)c2ccccc2C1=O. The highest BCUT2D eigenvalue weighted by atomic mass is 16.5. The van der Waals surface area contributed by atoms with Gasteiger partial charge in [0.25, 0.3) is 11.8 Å². The molecule has 6 heteroatoms. The van der Waals surface area contributed by atoms with Crippen molar-refractivity contribution in [1.29, 1.82) is 0 Å². The fourth-order valence-corrected chi connectivity index (χ4v) is 3.68. The molecule has 0 spiro atoms. The summed E-state index contributed by atoms with van der Waals surface area (Å²) in [5.41, 5.74) is 0.637. The maximum Gasteiger partial charge on any atom is 0.326 e. The Kier molecular flexibility index (Phi) is 13.4. The van der Waals surface area contributed by atoms with Crippen molar-refractivity contribution in [3.05, 3.63) is 108 Å². The van der Waals surface area contributed by atoms with E-state index in [1.807, 2.05) is 18.2 Å². The molecule has 0 N–H and O–H groups in total. The Morgan fingerprint density at radius 3 is 1.53 bits per heavy atom. The van der Waals surface area contributed by atoms with Crippen molar-refractivity contribution >= 4 is 25.8 Å². The molecule has 1 aromatic carbocycles. The third-order valence-electron chi connectivity index (χ3n) is 5.57. The lowest BCUT2D eigenvalue weighted by atomic mass is 10.1. The molecule has 0 fully saturated rings. The zero-order valence-electron chi connectivity index (χ0n) is 21.3. The Morgan fingerprint density at radius 2 is 1.14 bits per heavy atom. The lowest BCUT2D eigenvalue weighted by Gasteiger charge is -2.23. The van der Waals surface area contributed by atoms with Crippen LogP contribution in [0.5, 0.6) is 0 Å². The van der Waals surface area contributed by atoms with Crippen LogP contribution in [0.15, 0.2) is 97.2 Å². The second-order valence-corrected chi connectivity index (χ2v) is 8.22. The van der Waals surface area contributed by atoms with E-state index in [1.54, 1.807) is 24.3 Å². The molecule has 0 saturated heterocycles. The summed E-state index contributed by atoms with van der Waals surface area (Å²) in [6.07, 6.45) is 30.9. The molecule has 5 nitrogen and oxygen atoms in total. The number of imide groups is 1. The number of allylic oxidation sites excluding steroid dienone is 11. The van der Waals surface area contributed by atoms with Crippen LogP contribution < -0.4 is 0 Å². The molecule has 0 saturated carbocycles. The van der Waals surface area contributed by atoms with Crippen LogP contribution >= 0.6 is 0 Å². The molecule has 0 aromatic heterocycles. The zero-order chi connectivity index (χ0) is 26.0. The van der Waals surface area contributed by atoms with Gasteiger partial charge in [-0.1, -0.05) is 92.0 Å². The maximum absolute atomic E-state index is 12.7. The van der Waals surface area contributed by atoms with Crippen LogP contribution in [0, 0.1) is 0 Å². The monoisotopic (exact) mass is 485 g/mol. The van der Waals surface area contributed by atoms with Gasteiger partial charge < -0.3 is 4.65 Å². The minimum atomic E-state index is -0.980. The molecule has 2 rings (SSSR count). The van der Waals surface area contributed by atoms with Gasteiger partial charge >= 0.3 is 14.0 Å². The van der Waals surface area contributed by atoms with Crippen molar-refractivity contribution in [2.45, 2.75) is 57.9 Å². The molecule has 1 heterocycles. The van der Waals surface area contributed by atoms with Crippen LogP contribution in [-0.2, 0) is 9.45 Å². The lowest BCUT2D eigenvalue weighted by Crippen LogP contribution is -2.45. The van der Waals surface area contributed by atoms with Gasteiger partial charge in [-0.25, -0.2) is 0 Å². The summed E-state index contributed by atoms with van der Waals surface area (Å²) in [6.45, 7) is 2.14. The van der Waals surface area contributed by atoms with Crippen LogP contribution in [0.25, 0.3) is 0 Å². The van der Waals surface area contributed by atoms with Gasteiger partial charge in [0.15, 0.2) is 0 Å². The molecular formula is C30H36BNO4. The van der Waals surface area contributed by atoms with Gasteiger partial charge in [0.05, 0.1) is 11.1 Å². The van der Waals surface area contributed by atoms with Crippen LogP contribution in [-0.4, -0.2) is 36.8 Å². The fraction of sp³-hybridized carbons (Fsp3) is 0.300. The first-order valence-electron chi connectivity index (χ1n) is 12.6. The van der Waals surface area contributed by atoms with Crippen LogP contribution in [0.4, 0.5) is 0 Å². The van der Waals surface area contributed by atoms with Crippen LogP contribution in [0.3, 0.4) is 0 Å². The summed E-state index contributed by atoms with van der Waals surface area (Å²) in [4.78, 5) is 38.7. The largest absolute Gasteiger partial charge is 0.542 e. The maximum atomic E-state index is 12.7. The standard InChI is InChI=1S/C30H36BNO4/c1-2-3-4-5-6-7-8-9-10-11-12-13-14-15-16-17-18-19-24-27(30(35)36-31)32-28(33)25-22-20-21-23-26(25)29(32)34/h3-4,6-7,9-10,12-13,15-16,18-23,27H,2,5,8,11,14,17,24,31H2,1H3/b4-3-,7-6-,10-9-,13-12-,16-15-,19-18-. The Morgan fingerprint density at radius 1 is 0.750 bits per heavy atom. The van der Waals surface area contributed by atoms with Gasteiger partial charge in [-0.2, -0.15) is 0 Å². The van der Waals surface area contributed by atoms with Gasteiger partial charge in [-0.05, 0) is 57.1 Å². The summed E-state index contributed by atoms with van der Waals surface area (Å²) < 4.78 is 4.86. The summed E-state index contributed by atoms with van der Waals surface area (Å²) in [5.74, 6) is -1.53. The van der Waals surface area contributed by atoms with E-state index in [0.717, 1.165) is 37.0 Å². The number of carbonyl (C=O) groups is 3. The third-order valence-corrected chi connectivity index (χ3v) is 5.57. The average molecular weight is 485 g/mol. The highest BCUT2D eigenvalue weighted by Crippen LogP contribution is 2.26. The lowest BCUT2D eigenvalue weighted by molar-refractivity contribution is -0.138. The van der Waals surface area contributed by atoms with E-state index in [0.29, 0.717) is 17.5 Å². The molecule has 1 unspecified atom stereocenters. The van der Waals surface area contributed by atoms with E-state index in [1.165, 1.54) is 8.05 Å². The summed E-state index contributed by atoms with van der Waals surface area (Å²) in [5, 5.41) is 0. The van der Waals surface area contributed by atoms with E-state index in [9.17, 15) is 14.4 Å². The second kappa shape index (κ2) is 16.9.